The van der Waals surface area contributed by atoms with E-state index < -0.39 is 16.8 Å². The third-order valence-electron chi connectivity index (χ3n) is 16.0. The maximum Gasteiger partial charge on any atom is 0.123 e. The Morgan fingerprint density at radius 3 is 0.938 bits per heavy atom. The smallest absolute Gasteiger partial charge is 0.123 e. The molecule has 3 aliphatic heterocycles. The van der Waals surface area contributed by atoms with Crippen LogP contribution in [0.3, 0.4) is 0 Å². The van der Waals surface area contributed by atoms with Crippen LogP contribution < -0.4 is 0 Å². The fourth-order valence-electron chi connectivity index (χ4n) is 11.2. The van der Waals surface area contributed by atoms with Gasteiger partial charge in [0.1, 0.15) is 5.82 Å². The van der Waals surface area contributed by atoms with Gasteiger partial charge >= 0.3 is 0 Å². The molecule has 3 aromatic heterocycles. The van der Waals surface area contributed by atoms with E-state index in [-0.39, 0.29) is 5.82 Å². The zero-order valence-electron chi connectivity index (χ0n) is 45.2. The summed E-state index contributed by atoms with van der Waals surface area (Å²) < 4.78 is 13.1. The average Bonchev–Trinajstić information content (AvgIpc) is 3.59. The second-order valence-corrected chi connectivity index (χ2v) is 22.1. The van der Waals surface area contributed by atoms with Gasteiger partial charge in [0, 0.05) is 118 Å². The number of aromatic nitrogens is 3. The highest BCUT2D eigenvalue weighted by Gasteiger charge is 2.36. The van der Waals surface area contributed by atoms with Gasteiger partial charge in [-0.2, -0.15) is 0 Å². The predicted molar refractivity (Wildman–Crippen MR) is 319 cm³/mol. The molecule has 9 nitrogen and oxygen atoms in total. The second-order valence-electron chi connectivity index (χ2n) is 21.6. The van der Waals surface area contributed by atoms with Crippen LogP contribution in [-0.4, -0.2) is 84.2 Å². The highest BCUT2D eigenvalue weighted by Crippen LogP contribution is 2.37. The van der Waals surface area contributed by atoms with Gasteiger partial charge in [-0.1, -0.05) is 157 Å². The molecule has 80 heavy (non-hydrogen) atoms. The summed E-state index contributed by atoms with van der Waals surface area (Å²) in [5.41, 5.74) is 11.0. The van der Waals surface area contributed by atoms with Gasteiger partial charge in [0.2, 0.25) is 0 Å². The molecule has 0 unspecified atom stereocenters. The van der Waals surface area contributed by atoms with Gasteiger partial charge in [-0.15, -0.1) is 0 Å². The first-order chi connectivity index (χ1) is 39.0. The van der Waals surface area contributed by atoms with Crippen molar-refractivity contribution in [1.29, 1.82) is 0 Å². The minimum atomic E-state index is -0.867. The zero-order valence-corrected chi connectivity index (χ0v) is 46.0. The molecule has 0 radical (unpaired) electrons. The van der Waals surface area contributed by atoms with Crippen molar-refractivity contribution >= 4 is 11.6 Å². The first-order valence-corrected chi connectivity index (χ1v) is 28.3. The minimum absolute atomic E-state index is 0.273. The fraction of sp³-hybridized carbons (Fsp3) is 0.261. The zero-order chi connectivity index (χ0) is 55.2. The molecule has 0 atom stereocenters. The maximum absolute atomic E-state index is 13.1. The Morgan fingerprint density at radius 1 is 0.350 bits per heavy atom. The van der Waals surface area contributed by atoms with Gasteiger partial charge in [0.25, 0.3) is 0 Å². The molecule has 3 aliphatic rings. The van der Waals surface area contributed by atoms with Crippen molar-refractivity contribution in [3.05, 3.63) is 269 Å². The molecule has 0 aliphatic carbocycles. The Bertz CT molecular complexity index is 3180. The van der Waals surface area contributed by atoms with E-state index in [1.807, 2.05) is 134 Å². The van der Waals surface area contributed by atoms with Gasteiger partial charge in [-0.3, -0.25) is 29.7 Å². The highest BCUT2D eigenvalue weighted by molar-refractivity contribution is 6.30. The van der Waals surface area contributed by atoms with Crippen LogP contribution in [0.25, 0.3) is 33.4 Å². The molecule has 6 aromatic carbocycles. The van der Waals surface area contributed by atoms with Crippen LogP contribution in [0.15, 0.2) is 225 Å². The lowest BCUT2D eigenvalue weighted by molar-refractivity contribution is -0.0280. The number of halogens is 2. The molecule has 3 N–H and O–H groups in total. The number of hydrogen-bond donors (Lipinski definition) is 3. The Kier molecular flexibility index (Phi) is 18.5. The van der Waals surface area contributed by atoms with Crippen LogP contribution in [0.5, 0.6) is 0 Å². The van der Waals surface area contributed by atoms with Crippen LogP contribution in [0, 0.1) is 5.82 Å². The molecule has 3 saturated heterocycles. The molecule has 6 heterocycles. The molecule has 3 fully saturated rings. The number of piperidine rings is 3. The van der Waals surface area contributed by atoms with Gasteiger partial charge in [-0.25, -0.2) is 4.39 Å². The van der Waals surface area contributed by atoms with Crippen molar-refractivity contribution in [2.24, 2.45) is 0 Å². The van der Waals surface area contributed by atoms with E-state index in [4.69, 9.17) is 11.6 Å². The van der Waals surface area contributed by atoms with E-state index in [1.165, 1.54) is 39.9 Å². The first kappa shape index (κ1) is 56.0. The molecule has 12 rings (SSSR count). The number of pyridine rings is 3. The quantitative estimate of drug-likeness (QED) is 0.110. The summed E-state index contributed by atoms with van der Waals surface area (Å²) in [4.78, 5) is 20.4. The van der Waals surface area contributed by atoms with E-state index in [1.54, 1.807) is 12.1 Å². The van der Waals surface area contributed by atoms with Crippen molar-refractivity contribution in [2.45, 2.75) is 75.0 Å². The third kappa shape index (κ3) is 14.8. The molecule has 408 valence electrons. The molecule has 9 aromatic rings. The normalized spacial score (nSPS) is 17.0. The highest BCUT2D eigenvalue weighted by atomic mass is 35.5. The maximum atomic E-state index is 13.1. The lowest BCUT2D eigenvalue weighted by atomic mass is 9.84. The van der Waals surface area contributed by atoms with Gasteiger partial charge in [0.05, 0.1) is 16.8 Å². The summed E-state index contributed by atoms with van der Waals surface area (Å²) >= 11 is 5.97. The summed E-state index contributed by atoms with van der Waals surface area (Å²) in [7, 11) is 0. The van der Waals surface area contributed by atoms with Crippen LogP contribution in [0.2, 0.25) is 5.02 Å². The van der Waals surface area contributed by atoms with Gasteiger partial charge in [0.15, 0.2) is 0 Å². The summed E-state index contributed by atoms with van der Waals surface area (Å²) in [6.07, 6.45) is 15.8. The lowest BCUT2D eigenvalue weighted by Gasteiger charge is -2.38. The van der Waals surface area contributed by atoms with E-state index in [0.29, 0.717) is 17.9 Å². The third-order valence-corrected chi connectivity index (χ3v) is 16.3. The van der Waals surface area contributed by atoms with E-state index in [2.05, 4.69) is 96.4 Å². The number of aliphatic hydroxyl groups is 3. The van der Waals surface area contributed by atoms with Crippen molar-refractivity contribution in [2.75, 3.05) is 39.3 Å². The van der Waals surface area contributed by atoms with Crippen LogP contribution in [-0.2, 0) is 36.4 Å². The summed E-state index contributed by atoms with van der Waals surface area (Å²) in [6.45, 7) is 7.62. The standard InChI is InChI=1S/C23H23ClN2O.C23H23FN2O.C23H24N2O/c2*24-22-8-6-21(7-9-22)23(27)10-12-26(13-11-23)17-18-14-20(16-25-15-18)19-4-2-1-3-5-19;26-23(22-9-5-2-6-10-22)11-13-25(14-12-23)18-19-15-21(17-24-16-19)20-7-3-1-4-8-20/h2*1-9,14-16,27H,10-13,17H2;1-10,15-17,26H,11-14,18H2. The van der Waals surface area contributed by atoms with E-state index in [0.717, 1.165) is 124 Å². The lowest BCUT2D eigenvalue weighted by Crippen LogP contribution is -2.42. The summed E-state index contributed by atoms with van der Waals surface area (Å²) in [6, 6.07) is 61.4. The first-order valence-electron chi connectivity index (χ1n) is 27.9. The molecule has 0 amide bonds. The topological polar surface area (TPSA) is 109 Å². The minimum Gasteiger partial charge on any atom is -0.385 e. The average molecular weight is 1090 g/mol. The molecular weight excluding hydrogens is 1020 g/mol. The fourth-order valence-corrected chi connectivity index (χ4v) is 11.4. The van der Waals surface area contributed by atoms with Crippen molar-refractivity contribution < 1.29 is 19.7 Å². The Balaban J connectivity index is 0.000000135. The number of rotatable bonds is 12. The van der Waals surface area contributed by atoms with Crippen molar-refractivity contribution in [1.82, 2.24) is 29.7 Å². The number of likely N-dealkylation sites (tertiary alicyclic amines) is 3. The van der Waals surface area contributed by atoms with Crippen LogP contribution in [0.1, 0.15) is 71.9 Å². The molecule has 11 heteroatoms. The van der Waals surface area contributed by atoms with Crippen molar-refractivity contribution in [3.63, 3.8) is 0 Å². The Labute approximate surface area is 475 Å². The second kappa shape index (κ2) is 26.3. The molecular formula is C69H70ClFN6O3. The molecule has 0 bridgehead atoms. The van der Waals surface area contributed by atoms with E-state index >= 15 is 0 Å². The summed E-state index contributed by atoms with van der Waals surface area (Å²) in [5, 5.41) is 33.7. The van der Waals surface area contributed by atoms with E-state index in [9.17, 15) is 19.7 Å². The van der Waals surface area contributed by atoms with Crippen LogP contribution in [0.4, 0.5) is 4.39 Å². The van der Waals surface area contributed by atoms with Gasteiger partial charge < -0.3 is 15.3 Å². The molecule has 0 saturated carbocycles. The Hall–Kier alpha value is -7.25. The number of hydrogen-bond acceptors (Lipinski definition) is 9. The number of benzene rings is 6. The van der Waals surface area contributed by atoms with Crippen molar-refractivity contribution in [3.8, 4) is 33.4 Å². The van der Waals surface area contributed by atoms with Gasteiger partial charge in [-0.05, 0) is 131 Å². The molecule has 0 spiro atoms. The monoisotopic (exact) mass is 1080 g/mol. The Morgan fingerprint density at radius 2 is 0.625 bits per heavy atom. The predicted octanol–water partition coefficient (Wildman–Crippen LogP) is 13.5. The summed E-state index contributed by atoms with van der Waals surface area (Å²) in [5.74, 6) is -0.273. The number of nitrogens with zero attached hydrogens (tertiary/aromatic N) is 6. The van der Waals surface area contributed by atoms with Crippen LogP contribution >= 0.6 is 11.6 Å². The largest absolute Gasteiger partial charge is 0.385 e. The SMILES string of the molecule is OC1(c2ccc(Cl)cc2)CCN(Cc2cncc(-c3ccccc3)c2)CC1.OC1(c2ccc(F)cc2)CCN(Cc2cncc(-c3ccccc3)c2)CC1.OC1(c2ccccc2)CCN(Cc2cncc(-c3ccccc3)c2)CC1.